The second kappa shape index (κ2) is 9.99. The molecule has 0 fully saturated rings. The second-order valence-corrected chi connectivity index (χ2v) is 7.22. The molecule has 4 rings (SSSR count). The average Bonchev–Trinajstić information content (AvgIpc) is 2.88. The summed E-state index contributed by atoms with van der Waals surface area (Å²) < 4.78 is 27.6. The molecule has 0 saturated carbocycles. The van der Waals surface area contributed by atoms with Crippen LogP contribution >= 0.6 is 0 Å². The first kappa shape index (κ1) is 22.7. The van der Waals surface area contributed by atoms with Crippen molar-refractivity contribution in [2.45, 2.75) is 0 Å². The van der Waals surface area contributed by atoms with Gasteiger partial charge in [0, 0.05) is 11.3 Å². The summed E-state index contributed by atoms with van der Waals surface area (Å²) in [6.45, 7) is -0.393. The Bertz CT molecular complexity index is 1380. The van der Waals surface area contributed by atoms with Crippen molar-refractivity contribution in [2.75, 3.05) is 33.3 Å². The third-order valence-corrected chi connectivity index (χ3v) is 5.12. The Labute approximate surface area is 195 Å². The van der Waals surface area contributed by atoms with E-state index in [2.05, 4.69) is 5.32 Å². The maximum absolute atomic E-state index is 13.3. The Morgan fingerprint density at radius 2 is 1.62 bits per heavy atom. The number of amides is 1. The van der Waals surface area contributed by atoms with Crippen LogP contribution in [0.1, 0.15) is 0 Å². The van der Waals surface area contributed by atoms with E-state index in [0.717, 1.165) is 0 Å². The third-order valence-electron chi connectivity index (χ3n) is 5.12. The average molecular weight is 461 g/mol. The zero-order valence-electron chi connectivity index (χ0n) is 18.9. The van der Waals surface area contributed by atoms with E-state index >= 15 is 0 Å². The normalized spacial score (nSPS) is 10.6. The van der Waals surface area contributed by atoms with Crippen LogP contribution < -0.4 is 29.7 Å². The molecule has 1 amide bonds. The van der Waals surface area contributed by atoms with E-state index in [1.54, 1.807) is 73.8 Å². The van der Waals surface area contributed by atoms with Gasteiger partial charge in [0.05, 0.1) is 26.7 Å². The quantitative estimate of drug-likeness (QED) is 0.413. The molecule has 174 valence electrons. The van der Waals surface area contributed by atoms with E-state index in [1.165, 1.54) is 14.2 Å². The molecule has 0 aliphatic rings. The van der Waals surface area contributed by atoms with E-state index in [4.69, 9.17) is 23.4 Å². The molecular weight excluding hydrogens is 438 g/mol. The summed E-state index contributed by atoms with van der Waals surface area (Å²) in [6, 6.07) is 18.8. The minimum atomic E-state index is -0.434. The highest BCUT2D eigenvalue weighted by molar-refractivity contribution is 5.92. The van der Waals surface area contributed by atoms with Crippen molar-refractivity contribution in [2.24, 2.45) is 0 Å². The molecule has 3 aromatic carbocycles. The third kappa shape index (κ3) is 4.66. The Hall–Kier alpha value is -4.46. The lowest BCUT2D eigenvalue weighted by atomic mass is 10.1. The molecule has 0 spiro atoms. The van der Waals surface area contributed by atoms with Crippen molar-refractivity contribution in [1.29, 1.82) is 0 Å². The highest BCUT2D eigenvalue weighted by atomic mass is 16.5. The van der Waals surface area contributed by atoms with Crippen LogP contribution in [0.5, 0.6) is 23.0 Å². The maximum Gasteiger partial charge on any atom is 0.262 e. The zero-order chi connectivity index (χ0) is 24.1. The lowest BCUT2D eigenvalue weighted by molar-refractivity contribution is -0.118. The first-order chi connectivity index (χ1) is 16.5. The number of hydrogen-bond donors (Lipinski definition) is 1. The van der Waals surface area contributed by atoms with E-state index in [-0.39, 0.29) is 16.9 Å². The minimum absolute atomic E-state index is 0.0733. The topological polar surface area (TPSA) is 96.2 Å². The van der Waals surface area contributed by atoms with Gasteiger partial charge in [-0.15, -0.1) is 0 Å². The van der Waals surface area contributed by atoms with Crippen LogP contribution in [0.3, 0.4) is 0 Å². The van der Waals surface area contributed by atoms with Gasteiger partial charge in [-0.05, 0) is 54.6 Å². The van der Waals surface area contributed by atoms with E-state index in [0.29, 0.717) is 39.5 Å². The summed E-state index contributed by atoms with van der Waals surface area (Å²) >= 11 is 0. The largest absolute Gasteiger partial charge is 0.497 e. The minimum Gasteiger partial charge on any atom is -0.497 e. The first-order valence-corrected chi connectivity index (χ1v) is 10.4. The van der Waals surface area contributed by atoms with E-state index in [1.807, 2.05) is 0 Å². The fraction of sp³-hybridized carbons (Fsp3) is 0.154. The zero-order valence-corrected chi connectivity index (χ0v) is 18.9. The lowest BCUT2D eigenvalue weighted by Crippen LogP contribution is -2.22. The van der Waals surface area contributed by atoms with Crippen LogP contribution in [-0.4, -0.2) is 33.8 Å². The van der Waals surface area contributed by atoms with Crippen molar-refractivity contribution in [3.8, 4) is 34.3 Å². The molecule has 8 heteroatoms. The van der Waals surface area contributed by atoms with Crippen molar-refractivity contribution >= 4 is 22.6 Å². The number of carbonyl (C=O) groups is 1. The number of benzene rings is 3. The second-order valence-electron chi connectivity index (χ2n) is 7.22. The number of fused-ring (bicyclic) bond motifs is 1. The summed E-state index contributed by atoms with van der Waals surface area (Å²) in [5, 5.41) is 3.07. The number of hydrogen-bond acceptors (Lipinski definition) is 7. The molecule has 0 bridgehead atoms. The summed E-state index contributed by atoms with van der Waals surface area (Å²) in [7, 11) is 4.61. The van der Waals surface area contributed by atoms with Crippen LogP contribution in [0.4, 0.5) is 5.69 Å². The van der Waals surface area contributed by atoms with Crippen LogP contribution in [-0.2, 0) is 4.79 Å². The summed E-state index contributed by atoms with van der Waals surface area (Å²) in [5.41, 5.74) is 1.11. The highest BCUT2D eigenvalue weighted by Crippen LogP contribution is 2.36. The fourth-order valence-corrected chi connectivity index (χ4v) is 3.43. The van der Waals surface area contributed by atoms with Gasteiger partial charge in [0.15, 0.2) is 23.9 Å². The molecule has 4 aromatic rings. The van der Waals surface area contributed by atoms with Gasteiger partial charge < -0.3 is 28.7 Å². The number of nitrogens with one attached hydrogen (secondary N) is 1. The van der Waals surface area contributed by atoms with Gasteiger partial charge in [0.1, 0.15) is 11.3 Å². The van der Waals surface area contributed by atoms with Crippen LogP contribution in [0, 0.1) is 0 Å². The SMILES string of the molecule is COc1ccc(NC(=O)COc2c(-c3ccc(OC)c(OC)c3)oc3ccccc3c2=O)cc1. The van der Waals surface area contributed by atoms with Crippen LogP contribution in [0.2, 0.25) is 0 Å². The molecule has 0 unspecified atom stereocenters. The fourth-order valence-electron chi connectivity index (χ4n) is 3.43. The number of methoxy groups -OCH3 is 3. The first-order valence-electron chi connectivity index (χ1n) is 10.4. The number of para-hydroxylation sites is 1. The molecule has 0 saturated heterocycles. The Morgan fingerprint density at radius 1 is 0.882 bits per heavy atom. The molecule has 34 heavy (non-hydrogen) atoms. The molecule has 1 N–H and O–H groups in total. The standard InChI is InChI=1S/C26H23NO7/c1-30-18-11-9-17(10-12-18)27-23(28)15-33-26-24(29)19-6-4-5-7-20(19)34-25(26)16-8-13-21(31-2)22(14-16)32-3/h4-14H,15H2,1-3H3,(H,27,28). The number of anilines is 1. The predicted molar refractivity (Wildman–Crippen MR) is 128 cm³/mol. The maximum atomic E-state index is 13.3. The van der Waals surface area contributed by atoms with Gasteiger partial charge in [-0.2, -0.15) is 0 Å². The molecule has 0 aliphatic heterocycles. The Kier molecular flexibility index (Phi) is 6.68. The molecule has 1 aromatic heterocycles. The van der Waals surface area contributed by atoms with Crippen molar-refractivity contribution < 1.29 is 28.2 Å². The molecule has 0 aliphatic carbocycles. The van der Waals surface area contributed by atoms with Crippen molar-refractivity contribution in [3.63, 3.8) is 0 Å². The monoisotopic (exact) mass is 461 g/mol. The smallest absolute Gasteiger partial charge is 0.262 e. The van der Waals surface area contributed by atoms with E-state index < -0.39 is 12.5 Å². The predicted octanol–water partition coefficient (Wildman–Crippen LogP) is 4.50. The molecule has 0 radical (unpaired) electrons. The number of carbonyl (C=O) groups excluding carboxylic acids is 1. The summed E-state index contributed by atoms with van der Waals surface area (Å²) in [4.78, 5) is 25.8. The van der Waals surface area contributed by atoms with Gasteiger partial charge in [-0.25, -0.2) is 0 Å². The lowest BCUT2D eigenvalue weighted by Gasteiger charge is -2.13. The van der Waals surface area contributed by atoms with Gasteiger partial charge in [0.2, 0.25) is 11.2 Å². The van der Waals surface area contributed by atoms with Gasteiger partial charge in [0.25, 0.3) is 5.91 Å². The summed E-state index contributed by atoms with van der Waals surface area (Å²) in [6.07, 6.45) is 0. The molecular formula is C26H23NO7. The highest BCUT2D eigenvalue weighted by Gasteiger charge is 2.20. The number of rotatable bonds is 8. The van der Waals surface area contributed by atoms with Gasteiger partial charge in [-0.3, -0.25) is 9.59 Å². The van der Waals surface area contributed by atoms with Gasteiger partial charge >= 0.3 is 0 Å². The number of ether oxygens (including phenoxy) is 4. The Balaban J connectivity index is 1.67. The van der Waals surface area contributed by atoms with Crippen LogP contribution in [0.25, 0.3) is 22.3 Å². The molecule has 1 heterocycles. The molecule has 0 atom stereocenters. The molecule has 8 nitrogen and oxygen atoms in total. The Morgan fingerprint density at radius 3 is 2.32 bits per heavy atom. The summed E-state index contributed by atoms with van der Waals surface area (Å²) in [5.74, 6) is 1.33. The van der Waals surface area contributed by atoms with E-state index in [9.17, 15) is 9.59 Å². The van der Waals surface area contributed by atoms with Gasteiger partial charge in [-0.1, -0.05) is 12.1 Å². The van der Waals surface area contributed by atoms with Crippen LogP contribution in [0.15, 0.2) is 75.9 Å². The van der Waals surface area contributed by atoms with Crippen molar-refractivity contribution in [1.82, 2.24) is 0 Å². The van der Waals surface area contributed by atoms with Crippen molar-refractivity contribution in [3.05, 3.63) is 77.0 Å².